The third-order valence-electron chi connectivity index (χ3n) is 4.61. The van der Waals surface area contributed by atoms with Crippen molar-refractivity contribution in [2.24, 2.45) is 7.05 Å². The molecule has 0 N–H and O–H groups in total. The standard InChI is InChI=1S/C22H27N3O/c1-24(16-14-19-9-5-3-6-10-19)17-18-26-22(20-11-7-4-8-12-20)21-13-15-23-25(21)2/h3-13,15,22H,14,16-18H2,1-2H3/t22-/m1/s1. The zero-order valence-electron chi connectivity index (χ0n) is 15.6. The van der Waals surface area contributed by atoms with E-state index in [0.29, 0.717) is 6.61 Å². The monoisotopic (exact) mass is 349 g/mol. The van der Waals surface area contributed by atoms with Crippen molar-refractivity contribution in [1.29, 1.82) is 0 Å². The molecule has 26 heavy (non-hydrogen) atoms. The van der Waals surface area contributed by atoms with E-state index in [9.17, 15) is 0 Å². The van der Waals surface area contributed by atoms with Crippen molar-refractivity contribution in [2.45, 2.75) is 12.5 Å². The fraction of sp³-hybridized carbons (Fsp3) is 0.318. The van der Waals surface area contributed by atoms with Gasteiger partial charge in [-0.05, 0) is 30.7 Å². The average molecular weight is 349 g/mol. The number of rotatable bonds is 9. The fourth-order valence-corrected chi connectivity index (χ4v) is 3.02. The van der Waals surface area contributed by atoms with Crippen molar-refractivity contribution in [3.63, 3.8) is 0 Å². The number of hydrogen-bond acceptors (Lipinski definition) is 3. The molecule has 0 saturated heterocycles. The number of benzene rings is 2. The summed E-state index contributed by atoms with van der Waals surface area (Å²) in [6.07, 6.45) is 2.79. The summed E-state index contributed by atoms with van der Waals surface area (Å²) < 4.78 is 8.16. The summed E-state index contributed by atoms with van der Waals surface area (Å²) in [6, 6.07) is 23.0. The number of hydrogen-bond donors (Lipinski definition) is 0. The van der Waals surface area contributed by atoms with Gasteiger partial charge in [0.2, 0.25) is 0 Å². The van der Waals surface area contributed by atoms with E-state index in [1.54, 1.807) is 0 Å². The normalized spacial score (nSPS) is 12.4. The lowest BCUT2D eigenvalue weighted by Crippen LogP contribution is -2.26. The van der Waals surface area contributed by atoms with Crippen LogP contribution in [0.2, 0.25) is 0 Å². The lowest BCUT2D eigenvalue weighted by molar-refractivity contribution is 0.0603. The SMILES string of the molecule is CN(CCO[C@H](c1ccccc1)c1ccnn1C)CCc1ccccc1. The van der Waals surface area contributed by atoms with Crippen LogP contribution in [-0.4, -0.2) is 41.4 Å². The Morgan fingerprint density at radius 1 is 0.962 bits per heavy atom. The first kappa shape index (κ1) is 18.4. The molecule has 1 atom stereocenters. The van der Waals surface area contributed by atoms with E-state index in [-0.39, 0.29) is 6.10 Å². The van der Waals surface area contributed by atoms with Crippen LogP contribution in [0.25, 0.3) is 0 Å². The van der Waals surface area contributed by atoms with E-state index in [2.05, 4.69) is 59.5 Å². The first-order valence-electron chi connectivity index (χ1n) is 9.11. The molecule has 4 nitrogen and oxygen atoms in total. The maximum atomic E-state index is 6.27. The van der Waals surface area contributed by atoms with Crippen LogP contribution in [0.4, 0.5) is 0 Å². The number of nitrogens with zero attached hydrogens (tertiary/aromatic N) is 3. The molecule has 1 heterocycles. The van der Waals surface area contributed by atoms with Crippen LogP contribution in [-0.2, 0) is 18.2 Å². The highest BCUT2D eigenvalue weighted by Gasteiger charge is 2.18. The van der Waals surface area contributed by atoms with Crippen molar-refractivity contribution >= 4 is 0 Å². The van der Waals surface area contributed by atoms with E-state index >= 15 is 0 Å². The Morgan fingerprint density at radius 2 is 1.65 bits per heavy atom. The van der Waals surface area contributed by atoms with Crippen molar-refractivity contribution in [3.8, 4) is 0 Å². The molecule has 3 aromatic rings. The Kier molecular flexibility index (Phi) is 6.58. The van der Waals surface area contributed by atoms with Gasteiger partial charge in [-0.2, -0.15) is 5.10 Å². The fourth-order valence-electron chi connectivity index (χ4n) is 3.02. The second-order valence-corrected chi connectivity index (χ2v) is 6.58. The minimum atomic E-state index is -0.0915. The molecule has 0 aliphatic rings. The van der Waals surface area contributed by atoms with E-state index in [0.717, 1.165) is 30.8 Å². The van der Waals surface area contributed by atoms with Gasteiger partial charge in [0.1, 0.15) is 6.10 Å². The molecule has 0 amide bonds. The van der Waals surface area contributed by atoms with Gasteiger partial charge in [0.05, 0.1) is 12.3 Å². The average Bonchev–Trinajstić information content (AvgIpc) is 3.11. The quantitative estimate of drug-likeness (QED) is 0.590. The van der Waals surface area contributed by atoms with E-state index in [4.69, 9.17) is 4.74 Å². The molecule has 0 spiro atoms. The first-order valence-corrected chi connectivity index (χ1v) is 9.11. The van der Waals surface area contributed by atoms with Crippen molar-refractivity contribution < 1.29 is 4.74 Å². The van der Waals surface area contributed by atoms with E-state index < -0.39 is 0 Å². The van der Waals surface area contributed by atoms with Crippen LogP contribution in [0.5, 0.6) is 0 Å². The molecule has 136 valence electrons. The van der Waals surface area contributed by atoms with Crippen LogP contribution in [0.1, 0.15) is 22.9 Å². The molecule has 1 aromatic heterocycles. The van der Waals surface area contributed by atoms with Gasteiger partial charge < -0.3 is 9.64 Å². The van der Waals surface area contributed by atoms with Crippen LogP contribution in [0, 0.1) is 0 Å². The lowest BCUT2D eigenvalue weighted by atomic mass is 10.1. The molecular formula is C22H27N3O. The van der Waals surface area contributed by atoms with Gasteiger partial charge in [-0.25, -0.2) is 0 Å². The predicted octanol–water partition coefficient (Wildman–Crippen LogP) is 3.70. The largest absolute Gasteiger partial charge is 0.366 e. The summed E-state index contributed by atoms with van der Waals surface area (Å²) in [6.45, 7) is 2.60. The number of aromatic nitrogens is 2. The number of likely N-dealkylation sites (N-methyl/N-ethyl adjacent to an activating group) is 1. The highest BCUT2D eigenvalue weighted by atomic mass is 16.5. The second kappa shape index (κ2) is 9.32. The molecule has 2 aromatic carbocycles. The molecule has 0 saturated carbocycles. The zero-order chi connectivity index (χ0) is 18.2. The third kappa shape index (κ3) is 5.04. The van der Waals surface area contributed by atoms with Crippen LogP contribution in [0.3, 0.4) is 0 Å². The Labute approximate surface area is 156 Å². The van der Waals surface area contributed by atoms with Crippen molar-refractivity contribution in [2.75, 3.05) is 26.7 Å². The Morgan fingerprint density at radius 3 is 2.31 bits per heavy atom. The molecule has 0 fully saturated rings. The summed E-state index contributed by atoms with van der Waals surface area (Å²) >= 11 is 0. The summed E-state index contributed by atoms with van der Waals surface area (Å²) in [7, 11) is 4.11. The lowest BCUT2D eigenvalue weighted by Gasteiger charge is -2.22. The van der Waals surface area contributed by atoms with Gasteiger partial charge in [0, 0.05) is 26.3 Å². The maximum Gasteiger partial charge on any atom is 0.124 e. The van der Waals surface area contributed by atoms with Gasteiger partial charge >= 0.3 is 0 Å². The predicted molar refractivity (Wildman–Crippen MR) is 105 cm³/mol. The van der Waals surface area contributed by atoms with E-state index in [1.807, 2.05) is 42.2 Å². The maximum absolute atomic E-state index is 6.27. The van der Waals surface area contributed by atoms with Gasteiger partial charge in [0.25, 0.3) is 0 Å². The highest BCUT2D eigenvalue weighted by molar-refractivity contribution is 5.25. The zero-order valence-corrected chi connectivity index (χ0v) is 15.6. The second-order valence-electron chi connectivity index (χ2n) is 6.58. The summed E-state index contributed by atoms with van der Waals surface area (Å²) in [5, 5.41) is 4.30. The van der Waals surface area contributed by atoms with Crippen LogP contribution < -0.4 is 0 Å². The Bertz CT molecular complexity index is 770. The first-order chi connectivity index (χ1) is 12.7. The van der Waals surface area contributed by atoms with Crippen LogP contribution in [0.15, 0.2) is 72.9 Å². The summed E-state index contributed by atoms with van der Waals surface area (Å²) in [5.74, 6) is 0. The number of aryl methyl sites for hydroxylation is 1. The topological polar surface area (TPSA) is 30.3 Å². The molecule has 3 rings (SSSR count). The molecular weight excluding hydrogens is 322 g/mol. The van der Waals surface area contributed by atoms with Gasteiger partial charge in [-0.3, -0.25) is 4.68 Å². The molecule has 0 radical (unpaired) electrons. The summed E-state index contributed by atoms with van der Waals surface area (Å²) in [4.78, 5) is 2.32. The van der Waals surface area contributed by atoms with Gasteiger partial charge in [-0.1, -0.05) is 60.7 Å². The van der Waals surface area contributed by atoms with Gasteiger partial charge in [-0.15, -0.1) is 0 Å². The molecule has 0 aliphatic heterocycles. The Hall–Kier alpha value is -2.43. The smallest absolute Gasteiger partial charge is 0.124 e. The molecule has 0 aliphatic carbocycles. The summed E-state index contributed by atoms with van der Waals surface area (Å²) in [5.41, 5.74) is 3.60. The van der Waals surface area contributed by atoms with E-state index in [1.165, 1.54) is 5.56 Å². The van der Waals surface area contributed by atoms with Crippen LogP contribution >= 0.6 is 0 Å². The van der Waals surface area contributed by atoms with Gasteiger partial charge in [0.15, 0.2) is 0 Å². The Balaban J connectivity index is 1.54. The molecule has 4 heteroatoms. The third-order valence-corrected chi connectivity index (χ3v) is 4.61. The number of ether oxygens (including phenoxy) is 1. The van der Waals surface area contributed by atoms with Crippen molar-refractivity contribution in [3.05, 3.63) is 89.7 Å². The minimum Gasteiger partial charge on any atom is -0.366 e. The molecule has 0 bridgehead atoms. The molecule has 0 unspecified atom stereocenters. The van der Waals surface area contributed by atoms with Crippen molar-refractivity contribution in [1.82, 2.24) is 14.7 Å². The highest BCUT2D eigenvalue weighted by Crippen LogP contribution is 2.25. The minimum absolute atomic E-state index is 0.0915.